The molecule has 1 heterocycles. The first-order valence-electron chi connectivity index (χ1n) is 5.16. The lowest BCUT2D eigenvalue weighted by Crippen LogP contribution is -2.19. The van der Waals surface area contributed by atoms with E-state index in [0.717, 1.165) is 0 Å². The van der Waals surface area contributed by atoms with Crippen LogP contribution in [0.5, 0.6) is 0 Å². The highest BCUT2D eigenvalue weighted by atomic mass is 35.5. The summed E-state index contributed by atoms with van der Waals surface area (Å²) in [7, 11) is 0. The number of aromatic nitrogens is 2. The van der Waals surface area contributed by atoms with Crippen LogP contribution < -0.4 is 5.32 Å². The molecule has 0 unspecified atom stereocenters. The minimum absolute atomic E-state index is 0.0481. The van der Waals surface area contributed by atoms with E-state index in [2.05, 4.69) is 10.4 Å². The van der Waals surface area contributed by atoms with Crippen LogP contribution in [-0.4, -0.2) is 15.7 Å². The van der Waals surface area contributed by atoms with E-state index >= 15 is 0 Å². The Bertz CT molecular complexity index is 615. The Balaban J connectivity index is 2.06. The molecule has 18 heavy (non-hydrogen) atoms. The van der Waals surface area contributed by atoms with E-state index in [0.29, 0.717) is 16.3 Å². The number of hydrogen-bond donors (Lipinski definition) is 1. The molecule has 0 aliphatic heterocycles. The summed E-state index contributed by atoms with van der Waals surface area (Å²) in [4.78, 5) is 11.7. The quantitative estimate of drug-likeness (QED) is 0.918. The van der Waals surface area contributed by atoms with Gasteiger partial charge in [-0.3, -0.25) is 9.48 Å². The summed E-state index contributed by atoms with van der Waals surface area (Å²) < 4.78 is 1.42. The van der Waals surface area contributed by atoms with Gasteiger partial charge in [-0.2, -0.15) is 10.4 Å². The van der Waals surface area contributed by atoms with Crippen LogP contribution in [0, 0.1) is 11.3 Å². The second-order valence-corrected chi connectivity index (χ2v) is 4.00. The number of rotatable bonds is 3. The van der Waals surface area contributed by atoms with Gasteiger partial charge in [-0.25, -0.2) is 0 Å². The molecule has 2 rings (SSSR count). The van der Waals surface area contributed by atoms with Gasteiger partial charge in [0.05, 0.1) is 22.5 Å². The topological polar surface area (TPSA) is 70.7 Å². The second kappa shape index (κ2) is 5.34. The van der Waals surface area contributed by atoms with Gasteiger partial charge in [0.2, 0.25) is 5.91 Å². The monoisotopic (exact) mass is 260 g/mol. The lowest BCUT2D eigenvalue weighted by Gasteiger charge is -2.06. The molecule has 0 radical (unpaired) electrons. The average molecular weight is 261 g/mol. The molecule has 0 aliphatic carbocycles. The van der Waals surface area contributed by atoms with Gasteiger partial charge >= 0.3 is 0 Å². The van der Waals surface area contributed by atoms with E-state index in [1.54, 1.807) is 30.5 Å². The molecule has 0 saturated carbocycles. The van der Waals surface area contributed by atoms with Gasteiger partial charge in [-0.1, -0.05) is 23.7 Å². The molecule has 0 bridgehead atoms. The molecule has 6 heteroatoms. The van der Waals surface area contributed by atoms with Gasteiger partial charge in [0.15, 0.2) is 0 Å². The highest BCUT2D eigenvalue weighted by molar-refractivity contribution is 6.30. The van der Waals surface area contributed by atoms with E-state index in [9.17, 15) is 4.79 Å². The predicted octanol–water partition coefficient (Wildman–Crippen LogP) is 2.05. The summed E-state index contributed by atoms with van der Waals surface area (Å²) in [5, 5.41) is 15.9. The van der Waals surface area contributed by atoms with Gasteiger partial charge in [0.25, 0.3) is 0 Å². The fourth-order valence-corrected chi connectivity index (χ4v) is 1.61. The van der Waals surface area contributed by atoms with E-state index in [-0.39, 0.29) is 12.5 Å². The molecule has 0 fully saturated rings. The molecule has 1 aromatic heterocycles. The zero-order chi connectivity index (χ0) is 13.0. The van der Waals surface area contributed by atoms with Crippen LogP contribution in [0.15, 0.2) is 36.7 Å². The molecular formula is C12H9ClN4O. The first-order valence-corrected chi connectivity index (χ1v) is 5.54. The van der Waals surface area contributed by atoms with Crippen molar-refractivity contribution in [2.45, 2.75) is 6.54 Å². The Morgan fingerprint density at radius 1 is 1.50 bits per heavy atom. The molecule has 1 amide bonds. The van der Waals surface area contributed by atoms with Crippen molar-refractivity contribution < 1.29 is 4.79 Å². The maximum atomic E-state index is 11.7. The smallest absolute Gasteiger partial charge is 0.246 e. The number of halogens is 1. The first-order chi connectivity index (χ1) is 8.69. The normalized spacial score (nSPS) is 9.78. The zero-order valence-corrected chi connectivity index (χ0v) is 10.1. The molecule has 0 spiro atoms. The first kappa shape index (κ1) is 12.1. The van der Waals surface area contributed by atoms with E-state index in [1.807, 2.05) is 6.07 Å². The summed E-state index contributed by atoms with van der Waals surface area (Å²) >= 11 is 5.69. The number of amides is 1. The Morgan fingerprint density at radius 3 is 2.94 bits per heavy atom. The van der Waals surface area contributed by atoms with Gasteiger partial charge < -0.3 is 5.32 Å². The Kier molecular flexibility index (Phi) is 3.60. The highest BCUT2D eigenvalue weighted by Gasteiger charge is 2.07. The van der Waals surface area contributed by atoms with Gasteiger partial charge in [0, 0.05) is 6.20 Å². The maximum Gasteiger partial charge on any atom is 0.246 e. The van der Waals surface area contributed by atoms with Crippen LogP contribution >= 0.6 is 11.6 Å². The predicted molar refractivity (Wildman–Crippen MR) is 67.0 cm³/mol. The third kappa shape index (κ3) is 2.87. The second-order valence-electron chi connectivity index (χ2n) is 3.56. The largest absolute Gasteiger partial charge is 0.323 e. The van der Waals surface area contributed by atoms with E-state index in [1.165, 1.54) is 10.9 Å². The number of carbonyl (C=O) groups excluding carboxylic acids is 1. The summed E-state index contributed by atoms with van der Waals surface area (Å²) in [6.07, 6.45) is 3.01. The molecule has 1 aromatic carbocycles. The molecule has 5 nitrogen and oxygen atoms in total. The molecule has 0 aliphatic rings. The number of para-hydroxylation sites is 1. The molecule has 2 aromatic rings. The Morgan fingerprint density at radius 2 is 2.28 bits per heavy atom. The van der Waals surface area contributed by atoms with Crippen molar-refractivity contribution in [1.29, 1.82) is 5.26 Å². The van der Waals surface area contributed by atoms with Crippen molar-refractivity contribution in [3.05, 3.63) is 47.2 Å². The lowest BCUT2D eigenvalue weighted by molar-refractivity contribution is -0.116. The highest BCUT2D eigenvalue weighted by Crippen LogP contribution is 2.13. The number of nitrogens with zero attached hydrogens (tertiary/aromatic N) is 3. The van der Waals surface area contributed by atoms with Crippen LogP contribution in [-0.2, 0) is 11.3 Å². The van der Waals surface area contributed by atoms with Crippen LogP contribution in [0.25, 0.3) is 0 Å². The number of nitriles is 1. The van der Waals surface area contributed by atoms with Crippen molar-refractivity contribution in [1.82, 2.24) is 9.78 Å². The van der Waals surface area contributed by atoms with Gasteiger partial charge in [-0.15, -0.1) is 0 Å². The Hall–Kier alpha value is -2.32. The maximum absolute atomic E-state index is 11.7. The van der Waals surface area contributed by atoms with Crippen molar-refractivity contribution in [3.63, 3.8) is 0 Å². The number of hydrogen-bond acceptors (Lipinski definition) is 3. The van der Waals surface area contributed by atoms with Crippen LogP contribution in [0.1, 0.15) is 5.56 Å². The third-order valence-corrected chi connectivity index (χ3v) is 2.42. The van der Waals surface area contributed by atoms with Crippen LogP contribution in [0.2, 0.25) is 5.02 Å². The minimum atomic E-state index is -0.266. The third-order valence-electron chi connectivity index (χ3n) is 2.23. The summed E-state index contributed by atoms with van der Waals surface area (Å²) in [5.74, 6) is -0.266. The van der Waals surface area contributed by atoms with Gasteiger partial charge in [0.1, 0.15) is 12.6 Å². The van der Waals surface area contributed by atoms with Crippen molar-refractivity contribution >= 4 is 23.2 Å². The summed E-state index contributed by atoms with van der Waals surface area (Å²) in [6.45, 7) is 0.0481. The molecule has 0 atom stereocenters. The summed E-state index contributed by atoms with van der Waals surface area (Å²) in [5.41, 5.74) is 0.910. The number of anilines is 1. The lowest BCUT2D eigenvalue weighted by atomic mass is 10.2. The van der Waals surface area contributed by atoms with E-state index in [4.69, 9.17) is 16.9 Å². The van der Waals surface area contributed by atoms with Crippen LogP contribution in [0.3, 0.4) is 0 Å². The molecule has 90 valence electrons. The average Bonchev–Trinajstić information content (AvgIpc) is 2.75. The fourth-order valence-electron chi connectivity index (χ4n) is 1.45. The number of carbonyl (C=O) groups is 1. The minimum Gasteiger partial charge on any atom is -0.323 e. The van der Waals surface area contributed by atoms with Crippen molar-refractivity contribution in [2.24, 2.45) is 0 Å². The fraction of sp³-hybridized carbons (Fsp3) is 0.0833. The van der Waals surface area contributed by atoms with E-state index < -0.39 is 0 Å². The van der Waals surface area contributed by atoms with Crippen LogP contribution in [0.4, 0.5) is 5.69 Å². The SMILES string of the molecule is N#Cc1ccccc1NC(=O)Cn1cc(Cl)cn1. The number of nitrogens with one attached hydrogen (secondary N) is 1. The number of benzene rings is 1. The molecule has 0 saturated heterocycles. The standard InChI is InChI=1S/C12H9ClN4O/c13-10-6-15-17(7-10)8-12(18)16-11-4-2-1-3-9(11)5-14/h1-4,6-7H,8H2,(H,16,18). The van der Waals surface area contributed by atoms with Crippen molar-refractivity contribution in [3.8, 4) is 6.07 Å². The molecular weight excluding hydrogens is 252 g/mol. The zero-order valence-electron chi connectivity index (χ0n) is 9.30. The Labute approximate surface area is 109 Å². The molecule has 1 N–H and O–H groups in total. The van der Waals surface area contributed by atoms with Gasteiger partial charge in [-0.05, 0) is 12.1 Å². The van der Waals surface area contributed by atoms with Crippen molar-refractivity contribution in [2.75, 3.05) is 5.32 Å². The summed E-state index contributed by atoms with van der Waals surface area (Å²) in [6, 6.07) is 8.81.